The van der Waals surface area contributed by atoms with Gasteiger partial charge in [0.25, 0.3) is 5.91 Å². The standard InChI is InChI=1S/C28H32N4O3/c1-17(2)16-23(25(33)29-18(3)19-10-6-5-7-11-19)32-26(34)28(4)24-21(14-15-31(28)27(32)35)20-12-8-9-13-22(20)30-24/h5-13,17-18,23,30H,14-16H2,1-4H3,(H,29,33)/t18-,23+,28+/m1/s1. The maximum absolute atomic E-state index is 14.1. The number of imide groups is 1. The van der Waals surface area contributed by atoms with Crippen LogP contribution in [0.1, 0.15) is 57.0 Å². The molecule has 35 heavy (non-hydrogen) atoms. The molecule has 5 rings (SSSR count). The number of hydrogen-bond acceptors (Lipinski definition) is 3. The lowest BCUT2D eigenvalue weighted by atomic mass is 9.86. The van der Waals surface area contributed by atoms with Crippen molar-refractivity contribution in [1.29, 1.82) is 0 Å². The van der Waals surface area contributed by atoms with Crippen LogP contribution in [0.5, 0.6) is 0 Å². The number of carbonyl (C=O) groups excluding carboxylic acids is 3. The van der Waals surface area contributed by atoms with Gasteiger partial charge in [-0.25, -0.2) is 9.69 Å². The number of carbonyl (C=O) groups is 3. The number of hydrogen-bond donors (Lipinski definition) is 2. The zero-order chi connectivity index (χ0) is 24.9. The quantitative estimate of drug-likeness (QED) is 0.518. The number of para-hydroxylation sites is 1. The molecule has 0 unspecified atom stereocenters. The second-order valence-electron chi connectivity index (χ2n) is 10.2. The largest absolute Gasteiger partial charge is 0.356 e. The van der Waals surface area contributed by atoms with E-state index in [0.717, 1.165) is 27.7 Å². The zero-order valence-corrected chi connectivity index (χ0v) is 20.7. The van der Waals surface area contributed by atoms with Crippen LogP contribution in [0.15, 0.2) is 54.6 Å². The van der Waals surface area contributed by atoms with Crippen molar-refractivity contribution >= 4 is 28.7 Å². The van der Waals surface area contributed by atoms with Crippen LogP contribution in [0.2, 0.25) is 0 Å². The highest BCUT2D eigenvalue weighted by atomic mass is 16.2. The van der Waals surface area contributed by atoms with Gasteiger partial charge >= 0.3 is 6.03 Å². The molecule has 2 N–H and O–H groups in total. The van der Waals surface area contributed by atoms with Gasteiger partial charge in [0.1, 0.15) is 6.04 Å². The Morgan fingerprint density at radius 3 is 2.46 bits per heavy atom. The van der Waals surface area contributed by atoms with Gasteiger partial charge in [0.15, 0.2) is 5.54 Å². The molecule has 182 valence electrons. The summed E-state index contributed by atoms with van der Waals surface area (Å²) >= 11 is 0. The molecule has 0 radical (unpaired) electrons. The fraction of sp³-hybridized carbons (Fsp3) is 0.393. The van der Waals surface area contributed by atoms with Crippen molar-refractivity contribution in [2.75, 3.05) is 6.54 Å². The van der Waals surface area contributed by atoms with Crippen LogP contribution in [0.25, 0.3) is 10.9 Å². The Morgan fingerprint density at radius 1 is 1.06 bits per heavy atom. The molecule has 0 bridgehead atoms. The van der Waals surface area contributed by atoms with Crippen molar-refractivity contribution in [1.82, 2.24) is 20.1 Å². The normalized spacial score (nSPS) is 21.3. The molecular weight excluding hydrogens is 440 g/mol. The Hall–Kier alpha value is -3.61. The van der Waals surface area contributed by atoms with Crippen molar-refractivity contribution in [3.63, 3.8) is 0 Å². The molecule has 0 saturated carbocycles. The second kappa shape index (κ2) is 8.56. The Kier molecular flexibility index (Phi) is 5.66. The molecule has 0 aliphatic carbocycles. The number of rotatable bonds is 6. The third kappa shape index (κ3) is 3.61. The van der Waals surface area contributed by atoms with Gasteiger partial charge in [-0.1, -0.05) is 62.4 Å². The van der Waals surface area contributed by atoms with E-state index in [0.29, 0.717) is 19.4 Å². The summed E-state index contributed by atoms with van der Waals surface area (Å²) in [5.41, 5.74) is 2.59. The van der Waals surface area contributed by atoms with E-state index in [4.69, 9.17) is 0 Å². The van der Waals surface area contributed by atoms with Crippen LogP contribution in [-0.2, 0) is 21.5 Å². The van der Waals surface area contributed by atoms with Crippen LogP contribution < -0.4 is 5.32 Å². The summed E-state index contributed by atoms with van der Waals surface area (Å²) in [4.78, 5) is 47.6. The molecule has 7 nitrogen and oxygen atoms in total. The number of benzene rings is 2. The van der Waals surface area contributed by atoms with Gasteiger partial charge in [-0.2, -0.15) is 0 Å². The number of fused-ring (bicyclic) bond motifs is 5. The van der Waals surface area contributed by atoms with E-state index in [1.54, 1.807) is 11.8 Å². The Bertz CT molecular complexity index is 1300. The van der Waals surface area contributed by atoms with Crippen molar-refractivity contribution in [3.05, 3.63) is 71.4 Å². The van der Waals surface area contributed by atoms with Crippen LogP contribution in [0, 0.1) is 5.92 Å². The summed E-state index contributed by atoms with van der Waals surface area (Å²) in [6.45, 7) is 8.14. The lowest BCUT2D eigenvalue weighted by molar-refractivity contribution is -0.140. The van der Waals surface area contributed by atoms with Crippen LogP contribution in [-0.4, -0.2) is 45.2 Å². The van der Waals surface area contributed by atoms with E-state index in [1.165, 1.54) is 4.90 Å². The summed E-state index contributed by atoms with van der Waals surface area (Å²) in [6, 6.07) is 16.1. The third-order valence-corrected chi connectivity index (χ3v) is 7.47. The molecule has 2 aliphatic rings. The van der Waals surface area contributed by atoms with Gasteiger partial charge in [-0.15, -0.1) is 0 Å². The van der Waals surface area contributed by atoms with Gasteiger partial charge in [-0.05, 0) is 49.8 Å². The smallest absolute Gasteiger partial charge is 0.328 e. The highest BCUT2D eigenvalue weighted by Gasteiger charge is 2.60. The SMILES string of the molecule is CC(C)C[C@@H](C(=O)N[C@H](C)c1ccccc1)N1C(=O)N2CCc3c([nH]c4ccccc34)[C@@]2(C)C1=O. The first-order valence-electron chi connectivity index (χ1n) is 12.3. The molecule has 3 atom stereocenters. The summed E-state index contributed by atoms with van der Waals surface area (Å²) in [7, 11) is 0. The number of nitrogens with one attached hydrogen (secondary N) is 2. The Labute approximate surface area is 205 Å². The molecule has 2 aliphatic heterocycles. The van der Waals surface area contributed by atoms with Gasteiger partial charge < -0.3 is 15.2 Å². The molecule has 2 aromatic carbocycles. The highest BCUT2D eigenvalue weighted by molar-refractivity contribution is 6.11. The summed E-state index contributed by atoms with van der Waals surface area (Å²) in [5, 5.41) is 4.12. The van der Waals surface area contributed by atoms with Crippen LogP contribution in [0.4, 0.5) is 4.79 Å². The fourth-order valence-corrected chi connectivity index (χ4v) is 5.60. The Morgan fingerprint density at radius 2 is 1.74 bits per heavy atom. The van der Waals surface area contributed by atoms with Crippen LogP contribution >= 0.6 is 0 Å². The molecule has 7 heteroatoms. The molecule has 0 spiro atoms. The molecule has 1 saturated heterocycles. The predicted molar refractivity (Wildman–Crippen MR) is 135 cm³/mol. The van der Waals surface area contributed by atoms with Gasteiger partial charge in [0, 0.05) is 17.4 Å². The average Bonchev–Trinajstić information content (AvgIpc) is 3.32. The highest BCUT2D eigenvalue weighted by Crippen LogP contribution is 2.45. The molecule has 3 heterocycles. The Balaban J connectivity index is 1.50. The van der Waals surface area contributed by atoms with E-state index in [-0.39, 0.29) is 23.8 Å². The molecule has 4 amide bonds. The van der Waals surface area contributed by atoms with E-state index in [2.05, 4.69) is 10.3 Å². The van der Waals surface area contributed by atoms with Crippen molar-refractivity contribution in [2.45, 2.75) is 58.2 Å². The van der Waals surface area contributed by atoms with Gasteiger partial charge in [0.05, 0.1) is 11.7 Å². The predicted octanol–water partition coefficient (Wildman–Crippen LogP) is 4.50. The summed E-state index contributed by atoms with van der Waals surface area (Å²) < 4.78 is 0. The first kappa shape index (κ1) is 23.1. The van der Waals surface area contributed by atoms with E-state index >= 15 is 0 Å². The molecular formula is C28H32N4O3. The number of urea groups is 1. The van der Waals surface area contributed by atoms with Gasteiger partial charge in [-0.3, -0.25) is 9.59 Å². The monoisotopic (exact) mass is 472 g/mol. The third-order valence-electron chi connectivity index (χ3n) is 7.47. The number of nitrogens with zero attached hydrogens (tertiary/aromatic N) is 2. The van der Waals surface area contributed by atoms with E-state index < -0.39 is 17.6 Å². The fourth-order valence-electron chi connectivity index (χ4n) is 5.60. The summed E-state index contributed by atoms with van der Waals surface area (Å²) in [6.07, 6.45) is 1.06. The molecule has 1 fully saturated rings. The van der Waals surface area contributed by atoms with E-state index in [1.807, 2.05) is 75.4 Å². The minimum atomic E-state index is -1.16. The van der Waals surface area contributed by atoms with E-state index in [9.17, 15) is 14.4 Å². The number of H-pyrrole nitrogens is 1. The average molecular weight is 473 g/mol. The topological polar surface area (TPSA) is 85.5 Å². The maximum Gasteiger partial charge on any atom is 0.328 e. The first-order chi connectivity index (χ1) is 16.7. The number of aromatic nitrogens is 1. The minimum Gasteiger partial charge on any atom is -0.356 e. The zero-order valence-electron chi connectivity index (χ0n) is 20.7. The lowest BCUT2D eigenvalue weighted by Gasteiger charge is -2.36. The number of aromatic amines is 1. The van der Waals surface area contributed by atoms with Crippen LogP contribution in [0.3, 0.4) is 0 Å². The first-order valence-corrected chi connectivity index (χ1v) is 12.3. The lowest BCUT2D eigenvalue weighted by Crippen LogP contribution is -2.51. The minimum absolute atomic E-state index is 0.118. The van der Waals surface area contributed by atoms with Crippen molar-refractivity contribution in [3.8, 4) is 0 Å². The maximum atomic E-state index is 14.1. The molecule has 1 aromatic heterocycles. The second-order valence-corrected chi connectivity index (χ2v) is 10.2. The summed E-state index contributed by atoms with van der Waals surface area (Å²) in [5.74, 6) is -0.535. The number of amides is 4. The van der Waals surface area contributed by atoms with Gasteiger partial charge in [0.2, 0.25) is 5.91 Å². The molecule has 3 aromatic rings. The van der Waals surface area contributed by atoms with Crippen molar-refractivity contribution in [2.24, 2.45) is 5.92 Å². The van der Waals surface area contributed by atoms with Crippen molar-refractivity contribution < 1.29 is 14.4 Å².